The van der Waals surface area contributed by atoms with E-state index >= 15 is 0 Å². The van der Waals surface area contributed by atoms with Gasteiger partial charge in [0.1, 0.15) is 11.5 Å². The third-order valence-corrected chi connectivity index (χ3v) is 2.91. The van der Waals surface area contributed by atoms with Crippen LogP contribution in [0.4, 0.5) is 0 Å². The molecule has 0 saturated heterocycles. The SMILES string of the molecule is Cc1cc(C(=O)NOC2CCCC2)c(C)o1. The Bertz CT molecular complexity index is 378. The number of rotatable bonds is 3. The summed E-state index contributed by atoms with van der Waals surface area (Å²) in [5.74, 6) is 1.15. The topological polar surface area (TPSA) is 51.5 Å². The van der Waals surface area contributed by atoms with Gasteiger partial charge >= 0.3 is 0 Å². The Labute approximate surface area is 94.9 Å². The fourth-order valence-corrected chi connectivity index (χ4v) is 2.05. The molecule has 16 heavy (non-hydrogen) atoms. The lowest BCUT2D eigenvalue weighted by atomic mass is 10.2. The minimum atomic E-state index is -0.221. The van der Waals surface area contributed by atoms with Crippen LogP contribution in [-0.4, -0.2) is 12.0 Å². The van der Waals surface area contributed by atoms with Gasteiger partial charge in [-0.15, -0.1) is 0 Å². The molecule has 2 rings (SSSR count). The number of hydrogen-bond acceptors (Lipinski definition) is 3. The molecule has 0 radical (unpaired) electrons. The number of amides is 1. The Morgan fingerprint density at radius 3 is 2.69 bits per heavy atom. The van der Waals surface area contributed by atoms with Crippen molar-refractivity contribution in [1.29, 1.82) is 0 Å². The first-order valence-corrected chi connectivity index (χ1v) is 5.70. The predicted molar refractivity (Wildman–Crippen MR) is 59.0 cm³/mol. The average Bonchev–Trinajstić information content (AvgIpc) is 2.84. The van der Waals surface area contributed by atoms with Crippen molar-refractivity contribution in [2.45, 2.75) is 45.6 Å². The number of hydroxylamine groups is 1. The number of aryl methyl sites for hydroxylation is 2. The van der Waals surface area contributed by atoms with Crippen molar-refractivity contribution in [3.8, 4) is 0 Å². The second-order valence-corrected chi connectivity index (χ2v) is 4.28. The predicted octanol–water partition coefficient (Wildman–Crippen LogP) is 2.50. The van der Waals surface area contributed by atoms with Crippen LogP contribution in [0.15, 0.2) is 10.5 Å². The van der Waals surface area contributed by atoms with E-state index in [1.54, 1.807) is 13.0 Å². The second kappa shape index (κ2) is 4.70. The van der Waals surface area contributed by atoms with E-state index in [2.05, 4.69) is 5.48 Å². The number of hydrogen-bond donors (Lipinski definition) is 1. The Morgan fingerprint density at radius 2 is 2.12 bits per heavy atom. The molecule has 1 aromatic rings. The molecule has 88 valence electrons. The van der Waals surface area contributed by atoms with Crippen molar-refractivity contribution in [2.75, 3.05) is 0 Å². The Balaban J connectivity index is 1.90. The van der Waals surface area contributed by atoms with Crippen LogP contribution in [0.3, 0.4) is 0 Å². The molecule has 0 aliphatic heterocycles. The van der Waals surface area contributed by atoms with E-state index in [1.165, 1.54) is 12.8 Å². The molecule has 4 nitrogen and oxygen atoms in total. The molecule has 1 aliphatic rings. The summed E-state index contributed by atoms with van der Waals surface area (Å²) in [6.07, 6.45) is 4.61. The van der Waals surface area contributed by atoms with Gasteiger partial charge in [-0.05, 0) is 32.8 Å². The highest BCUT2D eigenvalue weighted by molar-refractivity contribution is 5.94. The van der Waals surface area contributed by atoms with E-state index in [0.29, 0.717) is 11.3 Å². The summed E-state index contributed by atoms with van der Waals surface area (Å²) in [5.41, 5.74) is 3.05. The Hall–Kier alpha value is -1.29. The van der Waals surface area contributed by atoms with E-state index in [9.17, 15) is 4.79 Å². The summed E-state index contributed by atoms with van der Waals surface area (Å²) in [6, 6.07) is 1.72. The van der Waals surface area contributed by atoms with Crippen molar-refractivity contribution >= 4 is 5.91 Å². The highest BCUT2D eigenvalue weighted by Gasteiger charge is 2.19. The van der Waals surface area contributed by atoms with Gasteiger partial charge in [0.25, 0.3) is 5.91 Å². The van der Waals surface area contributed by atoms with E-state index in [0.717, 1.165) is 18.6 Å². The van der Waals surface area contributed by atoms with E-state index in [1.807, 2.05) is 6.92 Å². The number of carbonyl (C=O) groups excluding carboxylic acids is 1. The van der Waals surface area contributed by atoms with Crippen molar-refractivity contribution < 1.29 is 14.0 Å². The van der Waals surface area contributed by atoms with E-state index < -0.39 is 0 Å². The first kappa shape index (κ1) is 11.2. The zero-order valence-corrected chi connectivity index (χ0v) is 9.71. The van der Waals surface area contributed by atoms with Crippen LogP contribution in [0.25, 0.3) is 0 Å². The fraction of sp³-hybridized carbons (Fsp3) is 0.583. The lowest BCUT2D eigenvalue weighted by Gasteiger charge is -2.10. The van der Waals surface area contributed by atoms with Crippen LogP contribution in [0.1, 0.15) is 47.6 Å². The monoisotopic (exact) mass is 223 g/mol. The normalized spacial score (nSPS) is 16.6. The molecule has 1 heterocycles. The maximum Gasteiger partial charge on any atom is 0.278 e. The maximum absolute atomic E-state index is 11.7. The van der Waals surface area contributed by atoms with Crippen LogP contribution in [0, 0.1) is 13.8 Å². The van der Waals surface area contributed by atoms with Crippen molar-refractivity contribution in [2.24, 2.45) is 0 Å². The average molecular weight is 223 g/mol. The molecule has 0 spiro atoms. The van der Waals surface area contributed by atoms with Gasteiger partial charge in [0.15, 0.2) is 0 Å². The highest BCUT2D eigenvalue weighted by atomic mass is 16.7. The summed E-state index contributed by atoms with van der Waals surface area (Å²) >= 11 is 0. The summed E-state index contributed by atoms with van der Waals surface area (Å²) in [5, 5.41) is 0. The third kappa shape index (κ3) is 2.44. The molecule has 0 aromatic carbocycles. The minimum absolute atomic E-state index is 0.178. The Morgan fingerprint density at radius 1 is 1.44 bits per heavy atom. The van der Waals surface area contributed by atoms with Gasteiger partial charge in [-0.1, -0.05) is 12.8 Å². The van der Waals surface area contributed by atoms with Gasteiger partial charge in [-0.25, -0.2) is 5.48 Å². The molecule has 1 aliphatic carbocycles. The molecule has 1 amide bonds. The van der Waals surface area contributed by atoms with E-state index in [4.69, 9.17) is 9.25 Å². The zero-order chi connectivity index (χ0) is 11.5. The summed E-state index contributed by atoms with van der Waals surface area (Å²) in [7, 11) is 0. The number of nitrogens with one attached hydrogen (secondary N) is 1. The molecule has 0 atom stereocenters. The number of furan rings is 1. The quantitative estimate of drug-likeness (QED) is 0.801. The third-order valence-electron chi connectivity index (χ3n) is 2.91. The standard InChI is InChI=1S/C12H17NO3/c1-8-7-11(9(2)15-8)12(14)13-16-10-5-3-4-6-10/h7,10H,3-6H2,1-2H3,(H,13,14). The first-order chi connectivity index (χ1) is 7.66. The molecule has 0 unspecified atom stereocenters. The maximum atomic E-state index is 11.7. The fourth-order valence-electron chi connectivity index (χ4n) is 2.05. The molecule has 4 heteroatoms. The van der Waals surface area contributed by atoms with Gasteiger partial charge in [-0.2, -0.15) is 0 Å². The van der Waals surface area contributed by atoms with Gasteiger partial charge < -0.3 is 4.42 Å². The molecule has 1 saturated carbocycles. The summed E-state index contributed by atoms with van der Waals surface area (Å²) in [6.45, 7) is 3.60. The molecule has 1 fully saturated rings. The number of carbonyl (C=O) groups is 1. The lowest BCUT2D eigenvalue weighted by molar-refractivity contribution is -0.0125. The van der Waals surface area contributed by atoms with Crippen molar-refractivity contribution in [3.05, 3.63) is 23.2 Å². The smallest absolute Gasteiger partial charge is 0.278 e. The molecule has 1 N–H and O–H groups in total. The van der Waals surface area contributed by atoms with Crippen LogP contribution >= 0.6 is 0 Å². The van der Waals surface area contributed by atoms with Crippen LogP contribution in [-0.2, 0) is 4.84 Å². The molecular formula is C12H17NO3. The first-order valence-electron chi connectivity index (χ1n) is 5.70. The van der Waals surface area contributed by atoms with Crippen LogP contribution in [0.5, 0.6) is 0 Å². The van der Waals surface area contributed by atoms with Gasteiger partial charge in [0.2, 0.25) is 0 Å². The summed E-state index contributed by atoms with van der Waals surface area (Å²) < 4.78 is 5.29. The molecular weight excluding hydrogens is 206 g/mol. The van der Waals surface area contributed by atoms with Crippen molar-refractivity contribution in [1.82, 2.24) is 5.48 Å². The van der Waals surface area contributed by atoms with Gasteiger partial charge in [0, 0.05) is 0 Å². The van der Waals surface area contributed by atoms with Crippen molar-refractivity contribution in [3.63, 3.8) is 0 Å². The van der Waals surface area contributed by atoms with Crippen LogP contribution in [0.2, 0.25) is 0 Å². The van der Waals surface area contributed by atoms with E-state index in [-0.39, 0.29) is 12.0 Å². The molecule has 0 bridgehead atoms. The largest absolute Gasteiger partial charge is 0.466 e. The van der Waals surface area contributed by atoms with Gasteiger partial charge in [-0.3, -0.25) is 9.63 Å². The zero-order valence-electron chi connectivity index (χ0n) is 9.71. The second-order valence-electron chi connectivity index (χ2n) is 4.28. The Kier molecular flexibility index (Phi) is 3.29. The summed E-state index contributed by atoms with van der Waals surface area (Å²) in [4.78, 5) is 17.1. The highest BCUT2D eigenvalue weighted by Crippen LogP contribution is 2.20. The van der Waals surface area contributed by atoms with Gasteiger partial charge in [0.05, 0.1) is 11.7 Å². The minimum Gasteiger partial charge on any atom is -0.466 e. The lowest BCUT2D eigenvalue weighted by Crippen LogP contribution is -2.28. The molecule has 1 aromatic heterocycles. The van der Waals surface area contributed by atoms with Crippen LogP contribution < -0.4 is 5.48 Å².